The second-order valence-corrected chi connectivity index (χ2v) is 3.19. The quantitative estimate of drug-likeness (QED) is 0.792. The van der Waals surface area contributed by atoms with Crippen LogP contribution in [0.4, 0.5) is 8.78 Å². The van der Waals surface area contributed by atoms with Crippen LogP contribution in [0.15, 0.2) is 18.2 Å². The molecule has 0 heterocycles. The fourth-order valence-electron chi connectivity index (χ4n) is 0.980. The minimum absolute atomic E-state index is 0.0227. The van der Waals surface area contributed by atoms with Gasteiger partial charge < -0.3 is 10.4 Å². The maximum atomic E-state index is 12.7. The molecule has 1 atom stereocenters. The molecule has 0 unspecified atom stereocenters. The van der Waals surface area contributed by atoms with Gasteiger partial charge in [0.1, 0.15) is 0 Å². The molecular formula is C10H11F2NO2. The molecule has 0 aliphatic carbocycles. The largest absolute Gasteiger partial charge is 0.392 e. The average molecular weight is 215 g/mol. The highest BCUT2D eigenvalue weighted by atomic mass is 19.2. The molecule has 0 aromatic heterocycles. The summed E-state index contributed by atoms with van der Waals surface area (Å²) in [6.07, 6.45) is -0.681. The Bertz CT molecular complexity index is 366. The van der Waals surface area contributed by atoms with Gasteiger partial charge in [0.2, 0.25) is 0 Å². The third-order valence-electron chi connectivity index (χ3n) is 1.74. The first-order valence-electron chi connectivity index (χ1n) is 4.42. The lowest BCUT2D eigenvalue weighted by Crippen LogP contribution is -2.30. The number of aliphatic hydroxyl groups excluding tert-OH is 1. The van der Waals surface area contributed by atoms with Crippen molar-refractivity contribution in [3.8, 4) is 0 Å². The number of hydrogen-bond acceptors (Lipinski definition) is 2. The summed E-state index contributed by atoms with van der Waals surface area (Å²) < 4.78 is 25.3. The third kappa shape index (κ3) is 3.28. The van der Waals surface area contributed by atoms with E-state index < -0.39 is 23.6 Å². The normalized spacial score (nSPS) is 12.3. The number of nitrogens with one attached hydrogen (secondary N) is 1. The molecule has 15 heavy (non-hydrogen) atoms. The summed E-state index contributed by atoms with van der Waals surface area (Å²) in [7, 11) is 0. The van der Waals surface area contributed by atoms with E-state index in [2.05, 4.69) is 5.32 Å². The van der Waals surface area contributed by atoms with Crippen LogP contribution in [0.25, 0.3) is 0 Å². The van der Waals surface area contributed by atoms with Crippen LogP contribution in [0, 0.1) is 11.6 Å². The number of rotatable bonds is 3. The van der Waals surface area contributed by atoms with Crippen LogP contribution in [0.1, 0.15) is 17.3 Å². The van der Waals surface area contributed by atoms with Gasteiger partial charge in [-0.25, -0.2) is 8.78 Å². The molecule has 0 saturated carbocycles. The lowest BCUT2D eigenvalue weighted by atomic mass is 10.2. The summed E-state index contributed by atoms with van der Waals surface area (Å²) in [4.78, 5) is 11.3. The fourth-order valence-corrected chi connectivity index (χ4v) is 0.980. The van der Waals surface area contributed by atoms with Crippen LogP contribution >= 0.6 is 0 Å². The van der Waals surface area contributed by atoms with Crippen LogP contribution < -0.4 is 5.32 Å². The molecule has 0 radical (unpaired) electrons. The van der Waals surface area contributed by atoms with E-state index >= 15 is 0 Å². The van der Waals surface area contributed by atoms with Gasteiger partial charge in [0.15, 0.2) is 11.6 Å². The maximum Gasteiger partial charge on any atom is 0.251 e. The van der Waals surface area contributed by atoms with Gasteiger partial charge in [-0.3, -0.25) is 4.79 Å². The molecule has 0 fully saturated rings. The molecular weight excluding hydrogens is 204 g/mol. The van der Waals surface area contributed by atoms with Crippen LogP contribution in [0.3, 0.4) is 0 Å². The zero-order valence-electron chi connectivity index (χ0n) is 8.13. The number of carbonyl (C=O) groups is 1. The van der Waals surface area contributed by atoms with Crippen molar-refractivity contribution in [1.29, 1.82) is 0 Å². The van der Waals surface area contributed by atoms with Gasteiger partial charge in [0.05, 0.1) is 6.10 Å². The second-order valence-electron chi connectivity index (χ2n) is 3.19. The maximum absolute atomic E-state index is 12.7. The van der Waals surface area contributed by atoms with Crippen molar-refractivity contribution in [3.05, 3.63) is 35.4 Å². The van der Waals surface area contributed by atoms with Crippen LogP contribution in [-0.4, -0.2) is 23.7 Å². The second kappa shape index (κ2) is 4.84. The lowest BCUT2D eigenvalue weighted by molar-refractivity contribution is 0.0923. The van der Waals surface area contributed by atoms with Crippen LogP contribution in [0.2, 0.25) is 0 Å². The Hall–Kier alpha value is -1.49. The van der Waals surface area contributed by atoms with Gasteiger partial charge in [-0.15, -0.1) is 0 Å². The number of benzene rings is 1. The average Bonchev–Trinajstić information content (AvgIpc) is 2.18. The number of hydrogen-bond donors (Lipinski definition) is 2. The summed E-state index contributed by atoms with van der Waals surface area (Å²) in [5, 5.41) is 11.3. The summed E-state index contributed by atoms with van der Waals surface area (Å²) in [5.41, 5.74) is 0.0227. The highest BCUT2D eigenvalue weighted by Gasteiger charge is 2.09. The Kier molecular flexibility index (Phi) is 3.74. The molecule has 82 valence electrons. The third-order valence-corrected chi connectivity index (χ3v) is 1.74. The molecule has 5 heteroatoms. The molecule has 2 N–H and O–H groups in total. The van der Waals surface area contributed by atoms with E-state index in [0.29, 0.717) is 0 Å². The Morgan fingerprint density at radius 1 is 1.47 bits per heavy atom. The Balaban J connectivity index is 2.70. The molecule has 1 aromatic rings. The van der Waals surface area contributed by atoms with Crippen molar-refractivity contribution < 1.29 is 18.7 Å². The van der Waals surface area contributed by atoms with E-state index in [0.717, 1.165) is 12.1 Å². The predicted octanol–water partition coefficient (Wildman–Crippen LogP) is 1.08. The van der Waals surface area contributed by atoms with E-state index in [9.17, 15) is 13.6 Å². The highest BCUT2D eigenvalue weighted by Crippen LogP contribution is 2.08. The first-order valence-corrected chi connectivity index (χ1v) is 4.42. The molecule has 0 bridgehead atoms. The topological polar surface area (TPSA) is 49.3 Å². The van der Waals surface area contributed by atoms with Gasteiger partial charge in [0, 0.05) is 12.1 Å². The highest BCUT2D eigenvalue weighted by molar-refractivity contribution is 5.94. The standard InChI is InChI=1S/C10H11F2NO2/c1-6(14)5-13-10(15)7-2-3-8(11)9(12)4-7/h2-4,6,14H,5H2,1H3,(H,13,15)/t6-/m0/s1. The van der Waals surface area contributed by atoms with E-state index in [1.54, 1.807) is 0 Å². The summed E-state index contributed by atoms with van der Waals surface area (Å²) in [5.74, 6) is -2.61. The predicted molar refractivity (Wildman–Crippen MR) is 50.4 cm³/mol. The van der Waals surface area contributed by atoms with E-state index in [1.807, 2.05) is 0 Å². The molecule has 0 aliphatic rings. The molecule has 1 amide bonds. The number of halogens is 2. The van der Waals surface area contributed by atoms with E-state index in [4.69, 9.17) is 5.11 Å². The fraction of sp³-hybridized carbons (Fsp3) is 0.300. The molecule has 1 aromatic carbocycles. The first kappa shape index (κ1) is 11.6. The summed E-state index contributed by atoms with van der Waals surface area (Å²) >= 11 is 0. The molecule has 0 saturated heterocycles. The van der Waals surface area contributed by atoms with E-state index in [-0.39, 0.29) is 12.1 Å². The zero-order chi connectivity index (χ0) is 11.4. The van der Waals surface area contributed by atoms with Gasteiger partial charge >= 0.3 is 0 Å². The van der Waals surface area contributed by atoms with E-state index in [1.165, 1.54) is 13.0 Å². The van der Waals surface area contributed by atoms with Crippen molar-refractivity contribution >= 4 is 5.91 Å². The monoisotopic (exact) mass is 215 g/mol. The first-order chi connectivity index (χ1) is 7.00. The number of aliphatic hydroxyl groups is 1. The van der Waals surface area contributed by atoms with Crippen molar-refractivity contribution in [2.45, 2.75) is 13.0 Å². The van der Waals surface area contributed by atoms with Crippen LogP contribution in [0.5, 0.6) is 0 Å². The zero-order valence-corrected chi connectivity index (χ0v) is 8.13. The smallest absolute Gasteiger partial charge is 0.251 e. The number of carbonyl (C=O) groups excluding carboxylic acids is 1. The Morgan fingerprint density at radius 3 is 2.67 bits per heavy atom. The molecule has 0 aliphatic heterocycles. The Morgan fingerprint density at radius 2 is 2.13 bits per heavy atom. The summed E-state index contributed by atoms with van der Waals surface area (Å²) in [6, 6.07) is 2.87. The molecule has 0 spiro atoms. The van der Waals surface area contributed by atoms with Crippen molar-refractivity contribution in [3.63, 3.8) is 0 Å². The van der Waals surface area contributed by atoms with Crippen molar-refractivity contribution in [2.75, 3.05) is 6.54 Å². The molecule has 1 rings (SSSR count). The lowest BCUT2D eigenvalue weighted by Gasteiger charge is -2.07. The van der Waals surface area contributed by atoms with Gasteiger partial charge in [-0.05, 0) is 25.1 Å². The minimum Gasteiger partial charge on any atom is -0.392 e. The van der Waals surface area contributed by atoms with Crippen molar-refractivity contribution in [1.82, 2.24) is 5.32 Å². The van der Waals surface area contributed by atoms with Crippen molar-refractivity contribution in [2.24, 2.45) is 0 Å². The van der Waals surface area contributed by atoms with Gasteiger partial charge in [-0.1, -0.05) is 0 Å². The van der Waals surface area contributed by atoms with Crippen LogP contribution in [-0.2, 0) is 0 Å². The SMILES string of the molecule is C[C@H](O)CNC(=O)c1ccc(F)c(F)c1. The number of amides is 1. The Labute approximate surface area is 85.7 Å². The minimum atomic E-state index is -1.07. The molecule has 3 nitrogen and oxygen atoms in total. The van der Waals surface area contributed by atoms with Gasteiger partial charge in [-0.2, -0.15) is 0 Å². The van der Waals surface area contributed by atoms with Gasteiger partial charge in [0.25, 0.3) is 5.91 Å². The summed E-state index contributed by atoms with van der Waals surface area (Å²) in [6.45, 7) is 1.57.